The van der Waals surface area contributed by atoms with Crippen molar-refractivity contribution in [1.82, 2.24) is 4.90 Å². The van der Waals surface area contributed by atoms with Gasteiger partial charge in [-0.3, -0.25) is 4.90 Å². The highest BCUT2D eigenvalue weighted by Gasteiger charge is 2.26. The van der Waals surface area contributed by atoms with Crippen LogP contribution in [0.4, 0.5) is 11.4 Å². The zero-order valence-electron chi connectivity index (χ0n) is 13.1. The van der Waals surface area contributed by atoms with Crippen molar-refractivity contribution in [2.24, 2.45) is 0 Å². The molecule has 21 heavy (non-hydrogen) atoms. The van der Waals surface area contributed by atoms with E-state index in [0.717, 1.165) is 30.6 Å². The average molecular weight is 289 g/mol. The van der Waals surface area contributed by atoms with Crippen LogP contribution in [0.3, 0.4) is 0 Å². The van der Waals surface area contributed by atoms with Gasteiger partial charge >= 0.3 is 0 Å². The molecular weight excluding hydrogens is 262 g/mol. The predicted molar refractivity (Wildman–Crippen MR) is 88.1 cm³/mol. The Morgan fingerprint density at radius 2 is 1.86 bits per heavy atom. The van der Waals surface area contributed by atoms with E-state index in [2.05, 4.69) is 21.9 Å². The zero-order valence-corrected chi connectivity index (χ0v) is 13.1. The van der Waals surface area contributed by atoms with E-state index in [4.69, 9.17) is 10.5 Å². The van der Waals surface area contributed by atoms with Gasteiger partial charge in [0.2, 0.25) is 0 Å². The Morgan fingerprint density at radius 3 is 2.52 bits per heavy atom. The number of benzene rings is 1. The van der Waals surface area contributed by atoms with Crippen LogP contribution in [0.2, 0.25) is 0 Å². The maximum absolute atomic E-state index is 5.96. The van der Waals surface area contributed by atoms with Gasteiger partial charge in [-0.2, -0.15) is 0 Å². The standard InChI is InChI=1S/C17H27N3O/c1-2-21-17-13-15(7-8-16(17)18)20-11-9-19(10-12-20)14-5-3-4-6-14/h7-8,13-14H,2-6,9-12,18H2,1H3. The van der Waals surface area contributed by atoms with Crippen LogP contribution in [0.25, 0.3) is 0 Å². The minimum absolute atomic E-state index is 0.656. The highest BCUT2D eigenvalue weighted by Crippen LogP contribution is 2.30. The Balaban J connectivity index is 1.62. The van der Waals surface area contributed by atoms with Gasteiger partial charge in [0.1, 0.15) is 5.75 Å². The van der Waals surface area contributed by atoms with E-state index in [0.29, 0.717) is 6.61 Å². The van der Waals surface area contributed by atoms with E-state index in [9.17, 15) is 0 Å². The molecule has 4 heteroatoms. The van der Waals surface area contributed by atoms with Gasteiger partial charge in [0, 0.05) is 44.0 Å². The lowest BCUT2D eigenvalue weighted by Crippen LogP contribution is -2.49. The Kier molecular flexibility index (Phi) is 4.54. The number of hydrogen-bond donors (Lipinski definition) is 1. The molecule has 1 saturated carbocycles. The quantitative estimate of drug-likeness (QED) is 0.865. The summed E-state index contributed by atoms with van der Waals surface area (Å²) in [4.78, 5) is 5.14. The molecule has 1 aromatic rings. The molecule has 0 bridgehead atoms. The summed E-state index contributed by atoms with van der Waals surface area (Å²) in [7, 11) is 0. The van der Waals surface area contributed by atoms with Crippen LogP contribution in [-0.4, -0.2) is 43.7 Å². The molecule has 1 aliphatic heterocycles. The number of piperazine rings is 1. The van der Waals surface area contributed by atoms with Crippen molar-refractivity contribution in [3.8, 4) is 5.75 Å². The van der Waals surface area contributed by atoms with E-state index >= 15 is 0 Å². The molecule has 1 saturated heterocycles. The maximum Gasteiger partial charge on any atom is 0.144 e. The van der Waals surface area contributed by atoms with Crippen molar-refractivity contribution in [2.75, 3.05) is 43.4 Å². The summed E-state index contributed by atoms with van der Waals surface area (Å²) in [6, 6.07) is 7.01. The third-order valence-corrected chi connectivity index (χ3v) is 4.82. The first kappa shape index (κ1) is 14.5. The molecule has 2 aliphatic rings. The summed E-state index contributed by atoms with van der Waals surface area (Å²) in [5.41, 5.74) is 7.92. The van der Waals surface area contributed by atoms with Crippen molar-refractivity contribution in [1.29, 1.82) is 0 Å². The van der Waals surface area contributed by atoms with Gasteiger partial charge < -0.3 is 15.4 Å². The van der Waals surface area contributed by atoms with Gasteiger partial charge in [-0.15, -0.1) is 0 Å². The van der Waals surface area contributed by atoms with E-state index in [1.165, 1.54) is 44.5 Å². The van der Waals surface area contributed by atoms with Gasteiger partial charge in [-0.1, -0.05) is 12.8 Å². The number of nitrogens with zero attached hydrogens (tertiary/aromatic N) is 2. The first-order valence-corrected chi connectivity index (χ1v) is 8.29. The van der Waals surface area contributed by atoms with Crippen LogP contribution in [0.5, 0.6) is 5.75 Å². The number of rotatable bonds is 4. The Hall–Kier alpha value is -1.42. The minimum Gasteiger partial charge on any atom is -0.492 e. The normalized spacial score (nSPS) is 20.9. The van der Waals surface area contributed by atoms with E-state index < -0.39 is 0 Å². The number of hydrogen-bond acceptors (Lipinski definition) is 4. The fourth-order valence-electron chi connectivity index (χ4n) is 3.61. The third kappa shape index (κ3) is 3.26. The highest BCUT2D eigenvalue weighted by molar-refractivity contribution is 5.62. The molecule has 2 N–H and O–H groups in total. The Bertz CT molecular complexity index is 463. The molecular formula is C17H27N3O. The molecule has 2 fully saturated rings. The second kappa shape index (κ2) is 6.56. The monoisotopic (exact) mass is 289 g/mol. The van der Waals surface area contributed by atoms with Crippen LogP contribution < -0.4 is 15.4 Å². The fourth-order valence-corrected chi connectivity index (χ4v) is 3.61. The zero-order chi connectivity index (χ0) is 14.7. The topological polar surface area (TPSA) is 41.7 Å². The van der Waals surface area contributed by atoms with Crippen LogP contribution in [0.1, 0.15) is 32.6 Å². The Morgan fingerprint density at radius 1 is 1.14 bits per heavy atom. The van der Waals surface area contributed by atoms with Gasteiger partial charge in [0.05, 0.1) is 12.3 Å². The summed E-state index contributed by atoms with van der Waals surface area (Å²) in [6.07, 6.45) is 5.63. The van der Waals surface area contributed by atoms with Crippen LogP contribution in [0.15, 0.2) is 18.2 Å². The van der Waals surface area contributed by atoms with Crippen molar-refractivity contribution < 1.29 is 4.74 Å². The minimum atomic E-state index is 0.656. The number of ether oxygens (including phenoxy) is 1. The summed E-state index contributed by atoms with van der Waals surface area (Å²) in [5.74, 6) is 0.813. The molecule has 0 unspecified atom stereocenters. The van der Waals surface area contributed by atoms with Crippen molar-refractivity contribution in [3.63, 3.8) is 0 Å². The van der Waals surface area contributed by atoms with Gasteiger partial charge in [-0.25, -0.2) is 0 Å². The SMILES string of the molecule is CCOc1cc(N2CCN(C3CCCC3)CC2)ccc1N. The lowest BCUT2D eigenvalue weighted by atomic mass is 10.1. The van der Waals surface area contributed by atoms with Gasteiger partial charge in [0.15, 0.2) is 0 Å². The van der Waals surface area contributed by atoms with E-state index in [-0.39, 0.29) is 0 Å². The van der Waals surface area contributed by atoms with E-state index in [1.807, 2.05) is 13.0 Å². The van der Waals surface area contributed by atoms with Crippen molar-refractivity contribution >= 4 is 11.4 Å². The molecule has 1 aliphatic carbocycles. The maximum atomic E-state index is 5.96. The van der Waals surface area contributed by atoms with Crippen molar-refractivity contribution in [2.45, 2.75) is 38.6 Å². The molecule has 0 spiro atoms. The van der Waals surface area contributed by atoms with Gasteiger partial charge in [-0.05, 0) is 31.9 Å². The molecule has 0 atom stereocenters. The fraction of sp³-hybridized carbons (Fsp3) is 0.647. The molecule has 0 radical (unpaired) electrons. The molecule has 116 valence electrons. The third-order valence-electron chi connectivity index (χ3n) is 4.82. The molecule has 0 amide bonds. The second-order valence-electron chi connectivity index (χ2n) is 6.12. The smallest absolute Gasteiger partial charge is 0.144 e. The first-order valence-electron chi connectivity index (χ1n) is 8.29. The number of nitrogen functional groups attached to an aromatic ring is 1. The average Bonchev–Trinajstić information content (AvgIpc) is 3.04. The van der Waals surface area contributed by atoms with Gasteiger partial charge in [0.25, 0.3) is 0 Å². The first-order chi connectivity index (χ1) is 10.3. The Labute approximate surface area is 127 Å². The van der Waals surface area contributed by atoms with Crippen LogP contribution in [0, 0.1) is 0 Å². The largest absolute Gasteiger partial charge is 0.492 e. The van der Waals surface area contributed by atoms with E-state index in [1.54, 1.807) is 0 Å². The molecule has 0 aromatic heterocycles. The molecule has 1 heterocycles. The second-order valence-corrected chi connectivity index (χ2v) is 6.12. The lowest BCUT2D eigenvalue weighted by Gasteiger charge is -2.39. The summed E-state index contributed by atoms with van der Waals surface area (Å²) < 4.78 is 5.61. The number of nitrogens with two attached hydrogens (primary N) is 1. The van der Waals surface area contributed by atoms with Crippen molar-refractivity contribution in [3.05, 3.63) is 18.2 Å². The molecule has 3 rings (SSSR count). The number of anilines is 2. The van der Waals surface area contributed by atoms with Crippen LogP contribution in [-0.2, 0) is 0 Å². The summed E-state index contributed by atoms with van der Waals surface area (Å²) in [5, 5.41) is 0. The molecule has 4 nitrogen and oxygen atoms in total. The predicted octanol–water partition coefficient (Wildman–Crippen LogP) is 2.73. The summed E-state index contributed by atoms with van der Waals surface area (Å²) in [6.45, 7) is 7.21. The lowest BCUT2D eigenvalue weighted by molar-refractivity contribution is 0.187. The van der Waals surface area contributed by atoms with Crippen LogP contribution >= 0.6 is 0 Å². The highest BCUT2D eigenvalue weighted by atomic mass is 16.5. The molecule has 1 aromatic carbocycles. The summed E-state index contributed by atoms with van der Waals surface area (Å²) >= 11 is 0.